The maximum atomic E-state index is 13.2. The van der Waals surface area contributed by atoms with Crippen LogP contribution in [0.5, 0.6) is 0 Å². The highest BCUT2D eigenvalue weighted by Gasteiger charge is 2.18. The van der Waals surface area contributed by atoms with Crippen molar-refractivity contribution in [2.75, 3.05) is 5.32 Å². The smallest absolute Gasteiger partial charge is 0.276 e. The Morgan fingerprint density at radius 2 is 1.93 bits per heavy atom. The summed E-state index contributed by atoms with van der Waals surface area (Å²) in [5.74, 6) is 0.117. The standard InChI is InChI=1S/C21H26FN7O/c1-6-29-17(11-13(2)28-29)19(30)24-20(25-21(3,4)5)23-18-12-16(26-27-18)14-7-9-15(22)10-8-14/h7-12H,6H2,1-5H3,(H3,23,24,25,26,27,30). The number of halogens is 1. The minimum Gasteiger partial charge on any atom is -0.309 e. The second-order valence-corrected chi connectivity index (χ2v) is 7.87. The molecule has 30 heavy (non-hydrogen) atoms. The number of carbonyl (C=O) groups excluding carboxylic acids is 1. The number of hydrogen-bond donors (Lipinski definition) is 3. The van der Waals surface area contributed by atoms with Crippen LogP contribution < -0.4 is 10.6 Å². The van der Waals surface area contributed by atoms with Gasteiger partial charge in [0.05, 0.1) is 16.9 Å². The maximum absolute atomic E-state index is 13.2. The van der Waals surface area contributed by atoms with E-state index in [0.717, 1.165) is 11.3 Å². The Kier molecular flexibility index (Phi) is 6.00. The lowest BCUT2D eigenvalue weighted by molar-refractivity contribution is 0.0966. The monoisotopic (exact) mass is 411 g/mol. The fraction of sp³-hybridized carbons (Fsp3) is 0.333. The predicted molar refractivity (Wildman–Crippen MR) is 115 cm³/mol. The molecule has 0 unspecified atom stereocenters. The zero-order chi connectivity index (χ0) is 21.9. The molecule has 2 heterocycles. The van der Waals surface area contributed by atoms with Crippen LogP contribution in [0.2, 0.25) is 0 Å². The van der Waals surface area contributed by atoms with Crippen LogP contribution in [0.3, 0.4) is 0 Å². The number of H-pyrrole nitrogens is 1. The molecule has 0 saturated carbocycles. The highest BCUT2D eigenvalue weighted by Crippen LogP contribution is 2.20. The lowest BCUT2D eigenvalue weighted by atomic mass is 10.1. The predicted octanol–water partition coefficient (Wildman–Crippen LogP) is 3.74. The highest BCUT2D eigenvalue weighted by molar-refractivity contribution is 6.09. The molecule has 8 nitrogen and oxygen atoms in total. The van der Waals surface area contributed by atoms with Crippen molar-refractivity contribution in [1.29, 1.82) is 0 Å². The molecule has 3 N–H and O–H groups in total. The van der Waals surface area contributed by atoms with E-state index >= 15 is 0 Å². The minimum atomic E-state index is -0.438. The number of rotatable bonds is 4. The summed E-state index contributed by atoms with van der Waals surface area (Å²) in [5, 5.41) is 17.3. The van der Waals surface area contributed by atoms with Gasteiger partial charge in [-0.25, -0.2) is 9.38 Å². The topological polar surface area (TPSA) is 100.0 Å². The maximum Gasteiger partial charge on any atom is 0.276 e. The lowest BCUT2D eigenvalue weighted by Gasteiger charge is -2.17. The van der Waals surface area contributed by atoms with E-state index in [1.807, 2.05) is 34.6 Å². The third-order valence-corrected chi connectivity index (χ3v) is 4.09. The Morgan fingerprint density at radius 1 is 1.23 bits per heavy atom. The average molecular weight is 411 g/mol. The van der Waals surface area contributed by atoms with Crippen LogP contribution in [0.15, 0.2) is 41.4 Å². The summed E-state index contributed by atoms with van der Waals surface area (Å²) < 4.78 is 14.8. The van der Waals surface area contributed by atoms with Crippen molar-refractivity contribution in [1.82, 2.24) is 25.3 Å². The van der Waals surface area contributed by atoms with Crippen LogP contribution in [0, 0.1) is 12.7 Å². The normalized spacial score (nSPS) is 12.1. The van der Waals surface area contributed by atoms with Gasteiger partial charge in [0.25, 0.3) is 5.91 Å². The van der Waals surface area contributed by atoms with Crippen LogP contribution >= 0.6 is 0 Å². The zero-order valence-corrected chi connectivity index (χ0v) is 17.7. The van der Waals surface area contributed by atoms with Gasteiger partial charge in [-0.3, -0.25) is 19.9 Å². The molecule has 0 fully saturated rings. The van der Waals surface area contributed by atoms with Gasteiger partial charge in [0.2, 0.25) is 5.96 Å². The molecule has 0 aliphatic rings. The first kappa shape index (κ1) is 21.2. The number of nitrogens with one attached hydrogen (secondary N) is 3. The number of aromatic nitrogens is 4. The van der Waals surface area contributed by atoms with Gasteiger partial charge in [-0.1, -0.05) is 0 Å². The summed E-state index contributed by atoms with van der Waals surface area (Å²) >= 11 is 0. The van der Waals surface area contributed by atoms with E-state index in [4.69, 9.17) is 0 Å². The summed E-state index contributed by atoms with van der Waals surface area (Å²) in [6, 6.07) is 9.58. The SMILES string of the molecule is CCn1nc(C)cc1C(=O)NC(=NC(C)(C)C)Nc1cc(-c2ccc(F)cc2)[nH]n1. The Hall–Kier alpha value is -3.49. The first-order valence-electron chi connectivity index (χ1n) is 9.68. The molecule has 0 aliphatic carbocycles. The van der Waals surface area contributed by atoms with Crippen molar-refractivity contribution >= 4 is 17.7 Å². The Bertz CT molecular complexity index is 1060. The van der Waals surface area contributed by atoms with Crippen molar-refractivity contribution in [3.8, 4) is 11.3 Å². The number of anilines is 1. The minimum absolute atomic E-state index is 0.270. The largest absolute Gasteiger partial charge is 0.309 e. The van der Waals surface area contributed by atoms with Crippen molar-refractivity contribution in [3.05, 3.63) is 53.6 Å². The number of carbonyl (C=O) groups is 1. The van der Waals surface area contributed by atoms with Gasteiger partial charge in [0.1, 0.15) is 11.5 Å². The van der Waals surface area contributed by atoms with Crippen LogP contribution in [0.1, 0.15) is 43.9 Å². The number of aryl methyl sites for hydroxylation is 2. The van der Waals surface area contributed by atoms with Gasteiger partial charge < -0.3 is 5.32 Å². The van der Waals surface area contributed by atoms with Gasteiger partial charge in [-0.05, 0) is 70.5 Å². The van der Waals surface area contributed by atoms with Crippen molar-refractivity contribution in [3.63, 3.8) is 0 Å². The molecular formula is C21H26FN7O. The number of amides is 1. The third kappa shape index (κ3) is 5.31. The molecule has 0 atom stereocenters. The summed E-state index contributed by atoms with van der Waals surface area (Å²) in [6.45, 7) is 10.1. The highest BCUT2D eigenvalue weighted by atomic mass is 19.1. The number of nitrogens with zero attached hydrogens (tertiary/aromatic N) is 4. The van der Waals surface area contributed by atoms with Crippen LogP contribution in [0.4, 0.5) is 10.2 Å². The number of guanidine groups is 1. The number of hydrogen-bond acceptors (Lipinski definition) is 4. The Balaban J connectivity index is 1.82. The second kappa shape index (κ2) is 8.48. The molecule has 3 aromatic rings. The van der Waals surface area contributed by atoms with E-state index in [1.54, 1.807) is 28.9 Å². The first-order chi connectivity index (χ1) is 14.1. The van der Waals surface area contributed by atoms with Crippen LogP contribution in [-0.2, 0) is 6.54 Å². The average Bonchev–Trinajstić information content (AvgIpc) is 3.27. The van der Waals surface area contributed by atoms with Crippen LogP contribution in [-0.4, -0.2) is 37.4 Å². The summed E-state index contributed by atoms with van der Waals surface area (Å²) in [7, 11) is 0. The van der Waals surface area contributed by atoms with Crippen LogP contribution in [0.25, 0.3) is 11.3 Å². The molecule has 0 radical (unpaired) electrons. The lowest BCUT2D eigenvalue weighted by Crippen LogP contribution is -2.39. The van der Waals surface area contributed by atoms with Gasteiger partial charge in [-0.15, -0.1) is 0 Å². The van der Waals surface area contributed by atoms with E-state index in [-0.39, 0.29) is 17.7 Å². The van der Waals surface area contributed by atoms with Gasteiger partial charge in [0, 0.05) is 12.6 Å². The zero-order valence-electron chi connectivity index (χ0n) is 17.7. The second-order valence-electron chi connectivity index (χ2n) is 7.87. The third-order valence-electron chi connectivity index (χ3n) is 4.09. The van der Waals surface area contributed by atoms with E-state index in [1.165, 1.54) is 12.1 Å². The fourth-order valence-electron chi connectivity index (χ4n) is 2.85. The summed E-state index contributed by atoms with van der Waals surface area (Å²) in [5.41, 5.74) is 2.27. The van der Waals surface area contributed by atoms with Crippen molar-refractivity contribution in [2.45, 2.75) is 46.7 Å². The molecule has 0 aliphatic heterocycles. The first-order valence-corrected chi connectivity index (χ1v) is 9.68. The molecule has 2 aromatic heterocycles. The van der Waals surface area contributed by atoms with Gasteiger partial charge in [0.15, 0.2) is 5.82 Å². The van der Waals surface area contributed by atoms with E-state index < -0.39 is 5.54 Å². The number of benzene rings is 1. The quantitative estimate of drug-likeness (QED) is 0.450. The Labute approximate surface area is 174 Å². The summed E-state index contributed by atoms with van der Waals surface area (Å²) in [4.78, 5) is 17.4. The fourth-order valence-corrected chi connectivity index (χ4v) is 2.85. The molecule has 0 bridgehead atoms. The number of aromatic amines is 1. The number of aliphatic imine (C=N–C) groups is 1. The van der Waals surface area contributed by atoms with Crippen molar-refractivity contribution in [2.24, 2.45) is 4.99 Å². The molecular weight excluding hydrogens is 385 g/mol. The molecule has 1 amide bonds. The van der Waals surface area contributed by atoms with Gasteiger partial charge in [-0.2, -0.15) is 10.2 Å². The molecule has 0 saturated heterocycles. The van der Waals surface area contributed by atoms with E-state index in [0.29, 0.717) is 23.8 Å². The molecule has 3 rings (SSSR count). The Morgan fingerprint density at radius 3 is 2.57 bits per heavy atom. The molecule has 1 aromatic carbocycles. The summed E-state index contributed by atoms with van der Waals surface area (Å²) in [6.07, 6.45) is 0. The molecule has 0 spiro atoms. The molecule has 158 valence electrons. The molecule has 9 heteroatoms. The van der Waals surface area contributed by atoms with Gasteiger partial charge >= 0.3 is 0 Å². The van der Waals surface area contributed by atoms with E-state index in [2.05, 4.69) is 30.9 Å². The van der Waals surface area contributed by atoms with E-state index in [9.17, 15) is 9.18 Å². The van der Waals surface area contributed by atoms with Crippen molar-refractivity contribution < 1.29 is 9.18 Å².